The maximum Gasteiger partial charge on any atom is 0.310 e. The number of rotatable bonds is 9. The maximum atomic E-state index is 11.0. The Balaban J connectivity index is 0.000000172. The van der Waals surface area contributed by atoms with Gasteiger partial charge in [-0.05, 0) is 67.5 Å². The minimum absolute atomic E-state index is 0.119. The summed E-state index contributed by atoms with van der Waals surface area (Å²) in [5.74, 6) is -1.86. The topological polar surface area (TPSA) is 74.6 Å². The lowest BCUT2D eigenvalue weighted by molar-refractivity contribution is -0.139. The summed E-state index contributed by atoms with van der Waals surface area (Å²) in [7, 11) is 0. The summed E-state index contributed by atoms with van der Waals surface area (Å²) in [4.78, 5) is 23.9. The van der Waals surface area contributed by atoms with Crippen LogP contribution in [0.2, 0.25) is 0 Å². The van der Waals surface area contributed by atoms with Gasteiger partial charge in [-0.3, -0.25) is 9.59 Å². The average molecular weight is 445 g/mol. The van der Waals surface area contributed by atoms with Crippen LogP contribution in [0.3, 0.4) is 0 Å². The number of carboxylic acid groups (broad SMARTS) is 2. The van der Waals surface area contributed by atoms with Gasteiger partial charge in [-0.25, -0.2) is 0 Å². The van der Waals surface area contributed by atoms with Crippen LogP contribution in [0, 0.1) is 0 Å². The minimum Gasteiger partial charge on any atom is -0.481 e. The lowest BCUT2D eigenvalue weighted by atomic mass is 9.97. The fourth-order valence-corrected chi connectivity index (χ4v) is 5.05. The van der Waals surface area contributed by atoms with Crippen molar-refractivity contribution in [3.63, 3.8) is 0 Å². The molecule has 0 spiro atoms. The summed E-state index contributed by atoms with van der Waals surface area (Å²) in [6.45, 7) is 1.91. The number of hydrogen-bond acceptors (Lipinski definition) is 4. The standard InChI is InChI=1S/C13H16O2S.C11H12O2S/c1-2-12(13(14)15)9-3-5-10(6-4-9)16-11-7-8-11;12-11(13)7-8-1-3-9(4-2-8)14-10-5-6-10/h3-6,11-12H,2,7-8H2,1H3,(H,14,15);1-4,10H,5-7H2,(H,12,13). The van der Waals surface area contributed by atoms with E-state index in [2.05, 4.69) is 0 Å². The number of carbonyl (C=O) groups is 2. The summed E-state index contributed by atoms with van der Waals surface area (Å²) in [6.07, 6.45) is 6.04. The Morgan fingerprint density at radius 3 is 1.70 bits per heavy atom. The molecule has 30 heavy (non-hydrogen) atoms. The number of aliphatic carboxylic acids is 2. The van der Waals surface area contributed by atoms with Crippen molar-refractivity contribution < 1.29 is 19.8 Å². The van der Waals surface area contributed by atoms with Crippen molar-refractivity contribution in [2.45, 2.75) is 71.7 Å². The van der Waals surface area contributed by atoms with Crippen LogP contribution in [0.1, 0.15) is 56.1 Å². The van der Waals surface area contributed by atoms with Crippen LogP contribution >= 0.6 is 23.5 Å². The third-order valence-electron chi connectivity index (χ3n) is 4.92. The number of thioether (sulfide) groups is 2. The van der Waals surface area contributed by atoms with Gasteiger partial charge in [0.2, 0.25) is 0 Å². The number of benzene rings is 2. The van der Waals surface area contributed by atoms with Crippen LogP contribution in [-0.2, 0) is 16.0 Å². The Morgan fingerprint density at radius 1 is 0.867 bits per heavy atom. The first-order valence-electron chi connectivity index (χ1n) is 10.4. The normalized spacial score (nSPS) is 16.3. The van der Waals surface area contributed by atoms with Crippen molar-refractivity contribution in [2.24, 2.45) is 0 Å². The van der Waals surface area contributed by atoms with Crippen LogP contribution < -0.4 is 0 Å². The molecule has 0 saturated heterocycles. The Morgan fingerprint density at radius 2 is 1.33 bits per heavy atom. The quantitative estimate of drug-likeness (QED) is 0.488. The average Bonchev–Trinajstić information content (AvgIpc) is 3.62. The molecule has 2 aliphatic rings. The third kappa shape index (κ3) is 7.73. The van der Waals surface area contributed by atoms with E-state index in [4.69, 9.17) is 10.2 Å². The first kappa shape index (κ1) is 22.8. The first-order valence-corrected chi connectivity index (χ1v) is 12.2. The molecule has 0 aromatic heterocycles. The van der Waals surface area contributed by atoms with Crippen molar-refractivity contribution in [3.8, 4) is 0 Å². The molecule has 2 saturated carbocycles. The summed E-state index contributed by atoms with van der Waals surface area (Å²) in [6, 6.07) is 15.8. The molecule has 4 nitrogen and oxygen atoms in total. The Bertz CT molecular complexity index is 841. The van der Waals surface area contributed by atoms with Gasteiger partial charge >= 0.3 is 11.9 Å². The SMILES string of the molecule is CCC(C(=O)O)c1ccc(SC2CC2)cc1.O=C(O)Cc1ccc(SC2CC2)cc1. The van der Waals surface area contributed by atoms with Crippen LogP contribution in [0.4, 0.5) is 0 Å². The molecule has 4 rings (SSSR count). The molecule has 0 bridgehead atoms. The summed E-state index contributed by atoms with van der Waals surface area (Å²) >= 11 is 3.79. The predicted octanol–water partition coefficient (Wildman–Crippen LogP) is 6.09. The number of carboxylic acids is 2. The van der Waals surface area contributed by atoms with Crippen LogP contribution in [0.25, 0.3) is 0 Å². The molecular formula is C24H28O4S2. The van der Waals surface area contributed by atoms with E-state index in [-0.39, 0.29) is 12.3 Å². The lowest BCUT2D eigenvalue weighted by Crippen LogP contribution is -2.10. The first-order chi connectivity index (χ1) is 14.4. The molecule has 2 N–H and O–H groups in total. The predicted molar refractivity (Wildman–Crippen MR) is 123 cm³/mol. The summed E-state index contributed by atoms with van der Waals surface area (Å²) < 4.78 is 0. The maximum absolute atomic E-state index is 11.0. The lowest BCUT2D eigenvalue weighted by Gasteiger charge is -2.10. The molecule has 2 aromatic rings. The van der Waals surface area contributed by atoms with Gasteiger partial charge in [-0.2, -0.15) is 0 Å². The minimum atomic E-state index is -0.771. The van der Waals surface area contributed by atoms with Crippen LogP contribution in [0.5, 0.6) is 0 Å². The fourth-order valence-electron chi connectivity index (χ4n) is 2.95. The third-order valence-corrected chi connectivity index (χ3v) is 7.62. The van der Waals surface area contributed by atoms with Gasteiger partial charge in [0.1, 0.15) is 0 Å². The van der Waals surface area contributed by atoms with Crippen molar-refractivity contribution in [1.82, 2.24) is 0 Å². The van der Waals surface area contributed by atoms with E-state index in [1.54, 1.807) is 0 Å². The molecule has 160 valence electrons. The largest absolute Gasteiger partial charge is 0.481 e. The number of hydrogen-bond donors (Lipinski definition) is 2. The van der Waals surface area contributed by atoms with E-state index in [1.807, 2.05) is 79.0 Å². The van der Waals surface area contributed by atoms with Crippen LogP contribution in [-0.4, -0.2) is 32.7 Å². The second-order valence-corrected chi connectivity index (χ2v) is 10.5. The second kappa shape index (κ2) is 10.9. The molecule has 0 radical (unpaired) electrons. The van der Waals surface area contributed by atoms with Gasteiger partial charge in [-0.15, -0.1) is 23.5 Å². The van der Waals surface area contributed by atoms with Gasteiger partial charge in [0.05, 0.1) is 12.3 Å². The van der Waals surface area contributed by atoms with E-state index in [0.717, 1.165) is 21.6 Å². The van der Waals surface area contributed by atoms with Gasteiger partial charge in [-0.1, -0.05) is 31.2 Å². The smallest absolute Gasteiger partial charge is 0.310 e. The van der Waals surface area contributed by atoms with Gasteiger partial charge in [0.15, 0.2) is 0 Å². The zero-order chi connectivity index (χ0) is 21.5. The van der Waals surface area contributed by atoms with Crippen molar-refractivity contribution in [3.05, 3.63) is 59.7 Å². The zero-order valence-corrected chi connectivity index (χ0v) is 18.8. The molecule has 1 unspecified atom stereocenters. The van der Waals surface area contributed by atoms with Gasteiger partial charge in [0.25, 0.3) is 0 Å². The summed E-state index contributed by atoms with van der Waals surface area (Å²) in [5, 5.41) is 19.2. The molecular weight excluding hydrogens is 416 g/mol. The highest BCUT2D eigenvalue weighted by atomic mass is 32.2. The van der Waals surface area contributed by atoms with Gasteiger partial charge < -0.3 is 10.2 Å². The fraction of sp³-hybridized carbons (Fsp3) is 0.417. The van der Waals surface area contributed by atoms with E-state index in [0.29, 0.717) is 6.42 Å². The highest BCUT2D eigenvalue weighted by Gasteiger charge is 2.23. The van der Waals surface area contributed by atoms with Crippen molar-refractivity contribution in [1.29, 1.82) is 0 Å². The highest BCUT2D eigenvalue weighted by molar-refractivity contribution is 8.00. The zero-order valence-electron chi connectivity index (χ0n) is 17.1. The Labute approximate surface area is 186 Å². The van der Waals surface area contributed by atoms with Crippen LogP contribution in [0.15, 0.2) is 58.3 Å². The van der Waals surface area contributed by atoms with Gasteiger partial charge in [0, 0.05) is 20.3 Å². The highest BCUT2D eigenvalue weighted by Crippen LogP contribution is 2.40. The molecule has 0 heterocycles. The molecule has 2 aliphatic carbocycles. The second-order valence-electron chi connectivity index (χ2n) is 7.72. The van der Waals surface area contributed by atoms with E-state index < -0.39 is 11.9 Å². The molecule has 2 fully saturated rings. The summed E-state index contributed by atoms with van der Waals surface area (Å²) in [5.41, 5.74) is 1.78. The molecule has 0 amide bonds. The molecule has 2 aromatic carbocycles. The Hall–Kier alpha value is -1.92. The van der Waals surface area contributed by atoms with E-state index in [9.17, 15) is 9.59 Å². The van der Waals surface area contributed by atoms with Crippen molar-refractivity contribution in [2.75, 3.05) is 0 Å². The molecule has 6 heteroatoms. The monoisotopic (exact) mass is 444 g/mol. The molecule has 0 aliphatic heterocycles. The van der Waals surface area contributed by atoms with Crippen molar-refractivity contribution >= 4 is 35.5 Å². The van der Waals surface area contributed by atoms with E-state index in [1.165, 1.54) is 35.5 Å². The molecule has 1 atom stereocenters. The Kier molecular flexibility index (Phi) is 8.28. The van der Waals surface area contributed by atoms with E-state index >= 15 is 0 Å².